The number of benzene rings is 2. The molecule has 0 aromatic heterocycles. The quantitative estimate of drug-likeness (QED) is 0.209. The molecule has 7 nitrogen and oxygen atoms in total. The molecule has 4 atom stereocenters. The summed E-state index contributed by atoms with van der Waals surface area (Å²) in [6.07, 6.45) is 3.64. The summed E-state index contributed by atoms with van der Waals surface area (Å²) in [5.41, 5.74) is 3.22. The average molecular weight is 767 g/mol. The van der Waals surface area contributed by atoms with E-state index in [4.69, 9.17) is 16.3 Å². The highest BCUT2D eigenvalue weighted by Crippen LogP contribution is 2.58. The first kappa shape index (κ1) is 28.6. The van der Waals surface area contributed by atoms with Gasteiger partial charge in [0.25, 0.3) is 0 Å². The zero-order chi connectivity index (χ0) is 29.5. The lowest BCUT2D eigenvalue weighted by Gasteiger charge is -2.42. The molecular formula is C30H21Br3ClNO6. The van der Waals surface area contributed by atoms with Crippen LogP contribution >= 0.6 is 59.4 Å². The third-order valence-corrected chi connectivity index (χ3v) is 11.6. The Hall–Kier alpha value is -2.53. The Kier molecular flexibility index (Phi) is 7.20. The van der Waals surface area contributed by atoms with Gasteiger partial charge >= 0.3 is 0 Å². The maximum atomic E-state index is 14.1. The van der Waals surface area contributed by atoms with E-state index in [2.05, 4.69) is 47.8 Å². The summed E-state index contributed by atoms with van der Waals surface area (Å²) in [5, 5.41) is 11.0. The van der Waals surface area contributed by atoms with Gasteiger partial charge in [0.2, 0.25) is 11.8 Å². The van der Waals surface area contributed by atoms with E-state index >= 15 is 0 Å². The highest BCUT2D eigenvalue weighted by atomic mass is 79.9. The number of ether oxygens (including phenoxy) is 1. The minimum atomic E-state index is -0.729. The van der Waals surface area contributed by atoms with Gasteiger partial charge in [0, 0.05) is 32.6 Å². The number of methoxy groups -OCH3 is 1. The number of allylic oxidation sites excluding steroid dienone is 6. The zero-order valence-corrected chi connectivity index (χ0v) is 27.1. The van der Waals surface area contributed by atoms with Crippen molar-refractivity contribution in [2.45, 2.75) is 25.7 Å². The summed E-state index contributed by atoms with van der Waals surface area (Å²) in [4.78, 5) is 55.9. The third-order valence-electron chi connectivity index (χ3n) is 8.45. The minimum absolute atomic E-state index is 0.125. The first-order chi connectivity index (χ1) is 19.5. The fourth-order valence-corrected chi connectivity index (χ4v) is 8.09. The molecule has 1 saturated heterocycles. The molecule has 3 aliphatic carbocycles. The molecule has 0 unspecified atom stereocenters. The van der Waals surface area contributed by atoms with Crippen molar-refractivity contribution in [1.29, 1.82) is 0 Å². The highest BCUT2D eigenvalue weighted by molar-refractivity contribution is 9.13. The average Bonchev–Trinajstić information content (AvgIpc) is 3.21. The molecule has 1 N–H and O–H groups in total. The van der Waals surface area contributed by atoms with Gasteiger partial charge < -0.3 is 9.84 Å². The Morgan fingerprint density at radius 2 is 1.76 bits per heavy atom. The van der Waals surface area contributed by atoms with E-state index in [1.165, 1.54) is 18.1 Å². The second-order valence-electron chi connectivity index (χ2n) is 10.5. The van der Waals surface area contributed by atoms with Crippen LogP contribution in [0.3, 0.4) is 0 Å². The van der Waals surface area contributed by atoms with Crippen molar-refractivity contribution < 1.29 is 29.0 Å². The largest absolute Gasteiger partial charge is 0.503 e. The van der Waals surface area contributed by atoms with Crippen LogP contribution in [0.4, 0.5) is 5.69 Å². The molecule has 1 heterocycles. The number of amides is 2. The summed E-state index contributed by atoms with van der Waals surface area (Å²) in [6, 6.07) is 6.71. The number of ketones is 2. The highest BCUT2D eigenvalue weighted by Gasteiger charge is 2.57. The Labute approximate surface area is 265 Å². The molecule has 41 heavy (non-hydrogen) atoms. The van der Waals surface area contributed by atoms with Gasteiger partial charge in [0.15, 0.2) is 23.1 Å². The first-order valence-electron chi connectivity index (χ1n) is 12.7. The topological polar surface area (TPSA) is 101 Å². The molecule has 4 aliphatic rings. The summed E-state index contributed by atoms with van der Waals surface area (Å²) in [7, 11) is 1.42. The standard InChI is InChI=1S/C30H21Br3ClNO6/c1-11-3-4-12(7-19(11)34)35-29(39)14-6-5-13-15(23(14)30(35)40)8-17-24(20(36)10-18(31)27(17)37)22(13)16-9-21(41-2)28(38)26(33)25(16)32/h3-5,7,9-10,14-15,22-23,38H,6,8H2,1-2H3/t14-,15+,22+,23-/m0/s1. The van der Waals surface area contributed by atoms with Gasteiger partial charge in [-0.15, -0.1) is 0 Å². The first-order valence-corrected chi connectivity index (χ1v) is 15.5. The molecule has 0 bridgehead atoms. The van der Waals surface area contributed by atoms with E-state index in [9.17, 15) is 24.3 Å². The molecule has 2 amide bonds. The molecule has 2 aromatic carbocycles. The van der Waals surface area contributed by atoms with Gasteiger partial charge in [0.1, 0.15) is 0 Å². The van der Waals surface area contributed by atoms with Crippen molar-refractivity contribution in [3.63, 3.8) is 0 Å². The molecule has 0 radical (unpaired) electrons. The van der Waals surface area contributed by atoms with Crippen molar-refractivity contribution in [3.8, 4) is 11.5 Å². The number of aryl methyl sites for hydroxylation is 1. The van der Waals surface area contributed by atoms with Crippen LogP contribution in [-0.2, 0) is 19.2 Å². The van der Waals surface area contributed by atoms with Gasteiger partial charge in [0.05, 0.1) is 33.6 Å². The van der Waals surface area contributed by atoms with E-state index in [0.29, 0.717) is 42.8 Å². The van der Waals surface area contributed by atoms with Crippen molar-refractivity contribution in [3.05, 3.63) is 82.7 Å². The van der Waals surface area contributed by atoms with Crippen LogP contribution in [0, 0.1) is 24.7 Å². The number of nitrogens with zero attached hydrogens (tertiary/aromatic N) is 1. The normalized spacial score (nSPS) is 25.6. The van der Waals surface area contributed by atoms with Crippen molar-refractivity contribution >= 4 is 88.5 Å². The number of anilines is 1. The number of halogens is 4. The number of aromatic hydroxyl groups is 1. The van der Waals surface area contributed by atoms with Crippen molar-refractivity contribution in [2.24, 2.45) is 17.8 Å². The fraction of sp³-hybridized carbons (Fsp3) is 0.267. The van der Waals surface area contributed by atoms with E-state index in [0.717, 1.165) is 11.1 Å². The number of carbonyl (C=O) groups is 4. The van der Waals surface area contributed by atoms with Crippen LogP contribution in [0.2, 0.25) is 5.02 Å². The number of hydrogen-bond donors (Lipinski definition) is 1. The number of imide groups is 1. The predicted octanol–water partition coefficient (Wildman–Crippen LogP) is 6.85. The molecule has 0 spiro atoms. The van der Waals surface area contributed by atoms with Gasteiger partial charge in [-0.3, -0.25) is 19.2 Å². The number of hydrogen-bond acceptors (Lipinski definition) is 6. The number of carbonyl (C=O) groups excluding carboxylic acids is 4. The summed E-state index contributed by atoms with van der Waals surface area (Å²) in [5.74, 6) is -3.84. The Morgan fingerprint density at radius 3 is 2.44 bits per heavy atom. The van der Waals surface area contributed by atoms with Gasteiger partial charge in [-0.25, -0.2) is 4.90 Å². The lowest BCUT2D eigenvalue weighted by Crippen LogP contribution is -2.39. The lowest BCUT2D eigenvalue weighted by atomic mass is 9.59. The number of Topliss-reactive ketones (excluding diaryl/α,β-unsaturated/α-hetero) is 1. The van der Waals surface area contributed by atoms with Crippen molar-refractivity contribution in [2.75, 3.05) is 12.0 Å². The summed E-state index contributed by atoms with van der Waals surface area (Å²) in [6.45, 7) is 1.84. The second kappa shape index (κ2) is 10.3. The predicted molar refractivity (Wildman–Crippen MR) is 163 cm³/mol. The molecule has 6 rings (SSSR count). The van der Waals surface area contributed by atoms with Crippen molar-refractivity contribution in [1.82, 2.24) is 0 Å². The van der Waals surface area contributed by atoms with E-state index in [1.807, 2.05) is 13.0 Å². The SMILES string of the molecule is COc1cc([C@H]2C3=CC[C@@H]4C(=O)N(c5ccc(C)c(Cl)c5)C(=O)[C@@H]4[C@@H]3CC3=C2C(=O)C=C(Br)C3=O)c(Br)c(Br)c1O. The molecule has 0 saturated carbocycles. The Bertz CT molecular complexity index is 1710. The Balaban J connectivity index is 1.53. The monoisotopic (exact) mass is 763 g/mol. The van der Waals surface area contributed by atoms with Crippen LogP contribution in [0.5, 0.6) is 11.5 Å². The summed E-state index contributed by atoms with van der Waals surface area (Å²) >= 11 is 16.6. The van der Waals surface area contributed by atoms with Crippen LogP contribution < -0.4 is 9.64 Å². The third kappa shape index (κ3) is 4.24. The van der Waals surface area contributed by atoms with E-state index in [1.54, 1.807) is 24.3 Å². The van der Waals surface area contributed by atoms with E-state index in [-0.39, 0.29) is 45.8 Å². The number of fused-ring (bicyclic) bond motifs is 3. The zero-order valence-electron chi connectivity index (χ0n) is 21.6. The summed E-state index contributed by atoms with van der Waals surface area (Å²) < 4.78 is 6.36. The Morgan fingerprint density at radius 1 is 1.02 bits per heavy atom. The van der Waals surface area contributed by atoms with Gasteiger partial charge in [-0.2, -0.15) is 0 Å². The van der Waals surface area contributed by atoms with E-state index < -0.39 is 23.7 Å². The molecule has 210 valence electrons. The van der Waals surface area contributed by atoms with Crippen LogP contribution in [0.25, 0.3) is 0 Å². The van der Waals surface area contributed by atoms with Crippen LogP contribution in [-0.4, -0.2) is 35.6 Å². The van der Waals surface area contributed by atoms with Crippen LogP contribution in [0.15, 0.2) is 66.6 Å². The van der Waals surface area contributed by atoms with Gasteiger partial charge in [-0.05, 0) is 103 Å². The maximum absolute atomic E-state index is 14.1. The molecule has 2 aromatic rings. The fourth-order valence-electron chi connectivity index (χ4n) is 6.51. The van der Waals surface area contributed by atoms with Gasteiger partial charge in [-0.1, -0.05) is 29.3 Å². The number of phenolic OH excluding ortho intramolecular Hbond substituents is 1. The smallest absolute Gasteiger partial charge is 0.238 e. The molecule has 11 heteroatoms. The minimum Gasteiger partial charge on any atom is -0.503 e. The molecular weight excluding hydrogens is 745 g/mol. The molecule has 1 fully saturated rings. The maximum Gasteiger partial charge on any atom is 0.238 e. The number of phenols is 1. The second-order valence-corrected chi connectivity index (χ2v) is 13.3. The lowest BCUT2D eigenvalue weighted by molar-refractivity contribution is -0.123. The van der Waals surface area contributed by atoms with Crippen LogP contribution in [0.1, 0.15) is 29.9 Å². The molecule has 1 aliphatic heterocycles. The number of rotatable bonds is 3.